The molecule has 106 valence electrons. The average Bonchev–Trinajstić information content (AvgIpc) is 2.90. The number of rotatable bonds is 8. The van der Waals surface area contributed by atoms with E-state index < -0.39 is 0 Å². The summed E-state index contributed by atoms with van der Waals surface area (Å²) >= 11 is 1.36. The Kier molecular flexibility index (Phi) is 6.95. The normalized spacial score (nSPS) is 10.0. The van der Waals surface area contributed by atoms with E-state index in [-0.39, 0.29) is 11.9 Å². The van der Waals surface area contributed by atoms with Gasteiger partial charge in [0.2, 0.25) is 0 Å². The van der Waals surface area contributed by atoms with E-state index in [1.54, 1.807) is 13.2 Å². The fraction of sp³-hybridized carbons (Fsp3) is 0.538. The van der Waals surface area contributed by atoms with Crippen molar-refractivity contribution in [1.82, 2.24) is 5.32 Å². The molecule has 1 heterocycles. The molecule has 1 rings (SSSR count). The van der Waals surface area contributed by atoms with E-state index in [2.05, 4.69) is 10.1 Å². The largest absolute Gasteiger partial charge is 0.495 e. The number of amides is 1. The maximum atomic E-state index is 11.8. The number of unbranched alkanes of at least 4 members (excludes halogenated alkanes) is 2. The first-order valence-electron chi connectivity index (χ1n) is 6.15. The Morgan fingerprint density at radius 2 is 2.05 bits per heavy atom. The van der Waals surface area contributed by atoms with Crippen LogP contribution < -0.4 is 10.1 Å². The van der Waals surface area contributed by atoms with Crippen molar-refractivity contribution in [3.05, 3.63) is 16.3 Å². The van der Waals surface area contributed by atoms with Gasteiger partial charge in [0.05, 0.1) is 14.2 Å². The summed E-state index contributed by atoms with van der Waals surface area (Å²) in [5.41, 5.74) is 0. The maximum absolute atomic E-state index is 11.8. The third kappa shape index (κ3) is 5.30. The van der Waals surface area contributed by atoms with Crippen LogP contribution in [0.3, 0.4) is 0 Å². The highest BCUT2D eigenvalue weighted by Crippen LogP contribution is 2.23. The van der Waals surface area contributed by atoms with E-state index in [4.69, 9.17) is 4.74 Å². The predicted molar refractivity (Wildman–Crippen MR) is 73.7 cm³/mol. The van der Waals surface area contributed by atoms with Gasteiger partial charge in [-0.15, -0.1) is 11.3 Å². The van der Waals surface area contributed by atoms with Crippen LogP contribution in [0.2, 0.25) is 0 Å². The molecular formula is C13H19NO4S. The summed E-state index contributed by atoms with van der Waals surface area (Å²) in [4.78, 5) is 23.3. The lowest BCUT2D eigenvalue weighted by molar-refractivity contribution is -0.140. The van der Waals surface area contributed by atoms with Crippen molar-refractivity contribution in [2.45, 2.75) is 25.7 Å². The number of carbonyl (C=O) groups is 2. The summed E-state index contributed by atoms with van der Waals surface area (Å²) in [5.74, 6) is 0.306. The number of thiophene rings is 1. The van der Waals surface area contributed by atoms with E-state index >= 15 is 0 Å². The molecule has 1 amide bonds. The SMILES string of the molecule is COC(=O)CCCCCNC(=O)c1sccc1OC. The molecule has 19 heavy (non-hydrogen) atoms. The molecule has 0 aliphatic carbocycles. The van der Waals surface area contributed by atoms with Gasteiger partial charge >= 0.3 is 5.97 Å². The number of ether oxygens (including phenoxy) is 2. The highest BCUT2D eigenvalue weighted by molar-refractivity contribution is 7.12. The molecule has 5 nitrogen and oxygen atoms in total. The van der Waals surface area contributed by atoms with Crippen LogP contribution in [0.25, 0.3) is 0 Å². The molecule has 1 aromatic rings. The van der Waals surface area contributed by atoms with E-state index in [0.717, 1.165) is 19.3 Å². The second kappa shape index (κ2) is 8.53. The molecule has 0 aromatic carbocycles. The van der Waals surface area contributed by atoms with Gasteiger partial charge in [-0.1, -0.05) is 6.42 Å². The van der Waals surface area contributed by atoms with Gasteiger partial charge in [-0.2, -0.15) is 0 Å². The topological polar surface area (TPSA) is 64.6 Å². The Morgan fingerprint density at radius 1 is 1.26 bits per heavy atom. The zero-order valence-corrected chi connectivity index (χ0v) is 12.0. The van der Waals surface area contributed by atoms with Crippen molar-refractivity contribution in [1.29, 1.82) is 0 Å². The van der Waals surface area contributed by atoms with Gasteiger partial charge in [0.15, 0.2) is 0 Å². The standard InChI is InChI=1S/C13H19NO4S/c1-17-10-7-9-19-12(10)13(16)14-8-5-3-4-6-11(15)18-2/h7,9H,3-6,8H2,1-2H3,(H,14,16). The number of hydrogen-bond acceptors (Lipinski definition) is 5. The second-order valence-corrected chi connectivity index (χ2v) is 4.88. The van der Waals surface area contributed by atoms with Crippen molar-refractivity contribution < 1.29 is 19.1 Å². The fourth-order valence-electron chi connectivity index (χ4n) is 1.58. The molecule has 6 heteroatoms. The number of carbonyl (C=O) groups excluding carboxylic acids is 2. The summed E-state index contributed by atoms with van der Waals surface area (Å²) in [6.45, 7) is 0.598. The molecule has 0 saturated heterocycles. The van der Waals surface area contributed by atoms with Crippen molar-refractivity contribution in [3.63, 3.8) is 0 Å². The van der Waals surface area contributed by atoms with Gasteiger partial charge in [0.25, 0.3) is 5.91 Å². The lowest BCUT2D eigenvalue weighted by Gasteiger charge is -2.05. The predicted octanol–water partition coefficient (Wildman–Crippen LogP) is 2.22. The van der Waals surface area contributed by atoms with Crippen LogP contribution in [0, 0.1) is 0 Å². The minimum atomic E-state index is -0.188. The first kappa shape index (κ1) is 15.5. The summed E-state index contributed by atoms with van der Waals surface area (Å²) in [7, 11) is 2.93. The van der Waals surface area contributed by atoms with Crippen LogP contribution in [-0.4, -0.2) is 32.6 Å². The molecule has 1 aromatic heterocycles. The average molecular weight is 285 g/mol. The van der Waals surface area contributed by atoms with Crippen molar-refractivity contribution in [2.75, 3.05) is 20.8 Å². The quantitative estimate of drug-likeness (QED) is 0.587. The van der Waals surface area contributed by atoms with Gasteiger partial charge in [0.1, 0.15) is 10.6 Å². The second-order valence-electron chi connectivity index (χ2n) is 3.96. The Bertz CT molecular complexity index is 417. The Balaban J connectivity index is 2.16. The highest BCUT2D eigenvalue weighted by atomic mass is 32.1. The summed E-state index contributed by atoms with van der Waals surface area (Å²) < 4.78 is 9.64. The van der Waals surface area contributed by atoms with Gasteiger partial charge < -0.3 is 14.8 Å². The summed E-state index contributed by atoms with van der Waals surface area (Å²) in [6.07, 6.45) is 2.95. The number of methoxy groups -OCH3 is 2. The Labute approximate surface area is 116 Å². The van der Waals surface area contributed by atoms with Crippen LogP contribution in [0.4, 0.5) is 0 Å². The Hall–Kier alpha value is -1.56. The monoisotopic (exact) mass is 285 g/mol. The molecule has 0 fully saturated rings. The van der Waals surface area contributed by atoms with Crippen LogP contribution in [0.1, 0.15) is 35.4 Å². The zero-order chi connectivity index (χ0) is 14.1. The number of nitrogens with one attached hydrogen (secondary N) is 1. The third-order valence-electron chi connectivity index (χ3n) is 2.63. The smallest absolute Gasteiger partial charge is 0.305 e. The molecule has 0 radical (unpaired) electrons. The summed E-state index contributed by atoms with van der Waals surface area (Å²) in [6, 6.07) is 1.77. The third-order valence-corrected chi connectivity index (χ3v) is 3.52. The van der Waals surface area contributed by atoms with Crippen LogP contribution in [-0.2, 0) is 9.53 Å². The van der Waals surface area contributed by atoms with Crippen LogP contribution in [0.5, 0.6) is 5.75 Å². The first-order valence-corrected chi connectivity index (χ1v) is 7.03. The molecule has 0 bridgehead atoms. The van der Waals surface area contributed by atoms with E-state index in [1.807, 2.05) is 5.38 Å². The Morgan fingerprint density at radius 3 is 2.74 bits per heavy atom. The minimum Gasteiger partial charge on any atom is -0.495 e. The fourth-order valence-corrected chi connectivity index (χ4v) is 2.35. The summed E-state index contributed by atoms with van der Waals surface area (Å²) in [5, 5.41) is 4.66. The highest BCUT2D eigenvalue weighted by Gasteiger charge is 2.12. The molecular weight excluding hydrogens is 266 g/mol. The van der Waals surface area contributed by atoms with Crippen LogP contribution in [0.15, 0.2) is 11.4 Å². The van der Waals surface area contributed by atoms with Crippen molar-refractivity contribution in [2.24, 2.45) is 0 Å². The zero-order valence-electron chi connectivity index (χ0n) is 11.2. The lowest BCUT2D eigenvalue weighted by atomic mass is 10.2. The van der Waals surface area contributed by atoms with E-state index in [0.29, 0.717) is 23.6 Å². The van der Waals surface area contributed by atoms with E-state index in [1.165, 1.54) is 18.4 Å². The lowest BCUT2D eigenvalue weighted by Crippen LogP contribution is -2.23. The number of hydrogen-bond donors (Lipinski definition) is 1. The molecule has 0 unspecified atom stereocenters. The van der Waals surface area contributed by atoms with Gasteiger partial charge in [-0.25, -0.2) is 0 Å². The molecule has 1 N–H and O–H groups in total. The van der Waals surface area contributed by atoms with Gasteiger partial charge in [-0.05, 0) is 24.3 Å². The minimum absolute atomic E-state index is 0.111. The van der Waals surface area contributed by atoms with Crippen molar-refractivity contribution >= 4 is 23.2 Å². The van der Waals surface area contributed by atoms with Crippen LogP contribution >= 0.6 is 11.3 Å². The maximum Gasteiger partial charge on any atom is 0.305 e. The molecule has 0 spiro atoms. The first-order chi connectivity index (χ1) is 9.19. The number of esters is 1. The molecule has 0 aliphatic rings. The molecule has 0 aliphatic heterocycles. The molecule has 0 saturated carbocycles. The van der Waals surface area contributed by atoms with E-state index in [9.17, 15) is 9.59 Å². The van der Waals surface area contributed by atoms with Gasteiger partial charge in [-0.3, -0.25) is 9.59 Å². The van der Waals surface area contributed by atoms with Crippen molar-refractivity contribution in [3.8, 4) is 5.75 Å². The van der Waals surface area contributed by atoms with Gasteiger partial charge in [0, 0.05) is 13.0 Å². The molecule has 0 atom stereocenters.